The summed E-state index contributed by atoms with van der Waals surface area (Å²) in [5.74, 6) is -0.394. The lowest BCUT2D eigenvalue weighted by Gasteiger charge is -2.25. The smallest absolute Gasteiger partial charge is 0.238 e. The molecule has 5 nitrogen and oxygen atoms in total. The van der Waals surface area contributed by atoms with Crippen molar-refractivity contribution in [2.45, 2.75) is 22.6 Å². The molecule has 0 radical (unpaired) electrons. The Labute approximate surface area is 175 Å². The third kappa shape index (κ3) is 4.22. The summed E-state index contributed by atoms with van der Waals surface area (Å²) in [6.45, 7) is 0. The molecule has 142 valence electrons. The summed E-state index contributed by atoms with van der Waals surface area (Å²) in [7, 11) is 0. The van der Waals surface area contributed by atoms with E-state index < -0.39 is 5.25 Å². The quantitative estimate of drug-likeness (QED) is 0.626. The van der Waals surface area contributed by atoms with E-state index in [2.05, 4.69) is 15.6 Å². The summed E-state index contributed by atoms with van der Waals surface area (Å²) in [4.78, 5) is 30.4. The zero-order chi connectivity index (χ0) is 19.5. The molecule has 0 spiro atoms. The minimum absolute atomic E-state index is 0.0767. The van der Waals surface area contributed by atoms with Crippen LogP contribution in [0.1, 0.15) is 23.0 Å². The van der Waals surface area contributed by atoms with Crippen LogP contribution in [0.2, 0.25) is 5.02 Å². The highest BCUT2D eigenvalue weighted by Gasteiger charge is 2.30. The number of nitrogens with one attached hydrogen (secondary N) is 2. The number of amides is 2. The first-order valence-corrected chi connectivity index (χ1v) is 10.7. The number of fused-ring (bicyclic) bond motifs is 1. The van der Waals surface area contributed by atoms with Gasteiger partial charge in [-0.1, -0.05) is 41.9 Å². The van der Waals surface area contributed by atoms with Crippen molar-refractivity contribution in [2.75, 3.05) is 5.32 Å². The molecule has 2 atom stereocenters. The SMILES string of the molecule is O=C(C[C@@H]1Sc2ccc(Cl)cc2NC1=O)N[C@H](c1ccccc1)c1nccs1. The summed E-state index contributed by atoms with van der Waals surface area (Å²) in [5.41, 5.74) is 1.63. The van der Waals surface area contributed by atoms with E-state index in [1.165, 1.54) is 23.1 Å². The van der Waals surface area contributed by atoms with Gasteiger partial charge in [-0.05, 0) is 23.8 Å². The van der Waals surface area contributed by atoms with Crippen LogP contribution in [0.15, 0.2) is 65.0 Å². The molecule has 0 fully saturated rings. The number of halogens is 1. The first kappa shape index (κ1) is 19.0. The number of aromatic nitrogens is 1. The lowest BCUT2D eigenvalue weighted by atomic mass is 10.1. The van der Waals surface area contributed by atoms with E-state index in [4.69, 9.17) is 11.6 Å². The van der Waals surface area contributed by atoms with E-state index in [1.807, 2.05) is 41.8 Å². The largest absolute Gasteiger partial charge is 0.343 e. The van der Waals surface area contributed by atoms with Gasteiger partial charge in [0.05, 0.1) is 10.9 Å². The lowest BCUT2D eigenvalue weighted by molar-refractivity contribution is -0.124. The molecule has 4 rings (SSSR count). The summed E-state index contributed by atoms with van der Waals surface area (Å²) in [6.07, 6.45) is 1.79. The maximum atomic E-state index is 12.8. The second kappa shape index (κ2) is 8.34. The molecule has 0 aliphatic carbocycles. The molecule has 2 N–H and O–H groups in total. The van der Waals surface area contributed by atoms with E-state index in [1.54, 1.807) is 18.3 Å². The summed E-state index contributed by atoms with van der Waals surface area (Å²) >= 11 is 8.84. The average Bonchev–Trinajstić information content (AvgIpc) is 3.22. The van der Waals surface area contributed by atoms with Crippen molar-refractivity contribution < 1.29 is 9.59 Å². The van der Waals surface area contributed by atoms with Crippen LogP contribution in [0, 0.1) is 0 Å². The Morgan fingerprint density at radius 2 is 2.07 bits per heavy atom. The molecule has 28 heavy (non-hydrogen) atoms. The standard InChI is InChI=1S/C20H16ClN3O2S2/c21-13-6-7-15-14(10-13)23-19(26)16(28-15)11-17(25)24-18(20-22-8-9-27-20)12-4-2-1-3-5-12/h1-10,16,18H,11H2,(H,23,26)(H,24,25)/t16-,18+/m0/s1. The number of carbonyl (C=O) groups excluding carboxylic acids is 2. The zero-order valence-corrected chi connectivity index (χ0v) is 17.0. The van der Waals surface area contributed by atoms with Crippen LogP contribution in [-0.4, -0.2) is 22.0 Å². The van der Waals surface area contributed by atoms with Crippen molar-refractivity contribution >= 4 is 52.2 Å². The van der Waals surface area contributed by atoms with Gasteiger partial charge in [-0.2, -0.15) is 0 Å². The van der Waals surface area contributed by atoms with Crippen LogP contribution in [0.5, 0.6) is 0 Å². The van der Waals surface area contributed by atoms with E-state index in [0.717, 1.165) is 15.5 Å². The van der Waals surface area contributed by atoms with E-state index in [0.29, 0.717) is 10.7 Å². The van der Waals surface area contributed by atoms with Gasteiger partial charge in [0.25, 0.3) is 0 Å². The Morgan fingerprint density at radius 1 is 1.25 bits per heavy atom. The second-order valence-electron chi connectivity index (χ2n) is 6.22. The van der Waals surface area contributed by atoms with Crippen LogP contribution < -0.4 is 10.6 Å². The molecule has 1 aliphatic heterocycles. The van der Waals surface area contributed by atoms with Crippen molar-refractivity contribution in [3.8, 4) is 0 Å². The average molecular weight is 430 g/mol. The monoisotopic (exact) mass is 429 g/mol. The Kier molecular flexibility index (Phi) is 5.66. The fourth-order valence-corrected chi connectivity index (χ4v) is 4.93. The molecular weight excluding hydrogens is 414 g/mol. The fraction of sp³-hybridized carbons (Fsp3) is 0.150. The first-order valence-electron chi connectivity index (χ1n) is 8.61. The Bertz CT molecular complexity index is 996. The van der Waals surface area contributed by atoms with Crippen LogP contribution in [0.25, 0.3) is 0 Å². The van der Waals surface area contributed by atoms with Gasteiger partial charge in [-0.3, -0.25) is 9.59 Å². The van der Waals surface area contributed by atoms with Crippen LogP contribution in [0.3, 0.4) is 0 Å². The highest BCUT2D eigenvalue weighted by molar-refractivity contribution is 8.01. The maximum Gasteiger partial charge on any atom is 0.238 e. The van der Waals surface area contributed by atoms with Crippen molar-refractivity contribution in [3.05, 3.63) is 75.7 Å². The normalized spacial score (nSPS) is 16.8. The highest BCUT2D eigenvalue weighted by Crippen LogP contribution is 2.38. The van der Waals surface area contributed by atoms with Crippen LogP contribution >= 0.6 is 34.7 Å². The topological polar surface area (TPSA) is 71.1 Å². The molecule has 2 amide bonds. The number of hydrogen-bond acceptors (Lipinski definition) is 5. The minimum Gasteiger partial charge on any atom is -0.343 e. The maximum absolute atomic E-state index is 12.8. The number of benzene rings is 2. The number of thiazole rings is 1. The zero-order valence-electron chi connectivity index (χ0n) is 14.6. The van der Waals surface area contributed by atoms with E-state index in [9.17, 15) is 9.59 Å². The fourth-order valence-electron chi connectivity index (χ4n) is 2.96. The predicted octanol–water partition coefficient (Wildman–Crippen LogP) is 4.51. The van der Waals surface area contributed by atoms with Gasteiger partial charge in [0.15, 0.2) is 0 Å². The Balaban J connectivity index is 1.48. The molecule has 2 aromatic carbocycles. The van der Waals surface area contributed by atoms with Crippen molar-refractivity contribution in [1.29, 1.82) is 0 Å². The minimum atomic E-state index is -0.499. The lowest BCUT2D eigenvalue weighted by Crippen LogP contribution is -2.36. The molecule has 1 aliphatic rings. The van der Waals surface area contributed by atoms with Gasteiger partial charge >= 0.3 is 0 Å². The van der Waals surface area contributed by atoms with Crippen molar-refractivity contribution in [3.63, 3.8) is 0 Å². The van der Waals surface area contributed by atoms with Gasteiger partial charge < -0.3 is 10.6 Å². The number of rotatable bonds is 5. The number of thioether (sulfide) groups is 1. The molecule has 0 unspecified atom stereocenters. The Morgan fingerprint density at radius 3 is 2.82 bits per heavy atom. The van der Waals surface area contributed by atoms with Crippen molar-refractivity contribution in [1.82, 2.24) is 10.3 Å². The second-order valence-corrected chi connectivity index (χ2v) is 8.83. The number of nitrogens with zero attached hydrogens (tertiary/aromatic N) is 1. The highest BCUT2D eigenvalue weighted by atomic mass is 35.5. The molecule has 0 bridgehead atoms. The third-order valence-corrected chi connectivity index (χ3v) is 6.62. The van der Waals surface area contributed by atoms with Gasteiger partial charge in [-0.25, -0.2) is 4.98 Å². The van der Waals surface area contributed by atoms with E-state index in [-0.39, 0.29) is 24.3 Å². The molecule has 0 saturated carbocycles. The summed E-state index contributed by atoms with van der Waals surface area (Å²) < 4.78 is 0. The third-order valence-electron chi connectivity index (χ3n) is 4.27. The van der Waals surface area contributed by atoms with Gasteiger partial charge in [-0.15, -0.1) is 23.1 Å². The van der Waals surface area contributed by atoms with Crippen LogP contribution in [0.4, 0.5) is 5.69 Å². The van der Waals surface area contributed by atoms with Crippen molar-refractivity contribution in [2.24, 2.45) is 0 Å². The number of hydrogen-bond donors (Lipinski definition) is 2. The summed E-state index contributed by atoms with van der Waals surface area (Å²) in [6, 6.07) is 14.7. The molecule has 3 aromatic rings. The van der Waals surface area contributed by atoms with Gasteiger partial charge in [0, 0.05) is 27.9 Å². The molecule has 1 aromatic heterocycles. The van der Waals surface area contributed by atoms with Gasteiger partial charge in [0.2, 0.25) is 11.8 Å². The molecular formula is C20H16ClN3O2S2. The molecule has 0 saturated heterocycles. The first-order chi connectivity index (χ1) is 13.6. The Hall–Kier alpha value is -2.35. The molecule has 2 heterocycles. The van der Waals surface area contributed by atoms with E-state index >= 15 is 0 Å². The van der Waals surface area contributed by atoms with Gasteiger partial charge in [0.1, 0.15) is 11.0 Å². The van der Waals surface area contributed by atoms with Crippen LogP contribution in [-0.2, 0) is 9.59 Å². The predicted molar refractivity (Wildman–Crippen MR) is 113 cm³/mol. The molecule has 8 heteroatoms. The summed E-state index contributed by atoms with van der Waals surface area (Å²) in [5, 5.41) is 8.61. The number of carbonyl (C=O) groups is 2. The number of anilines is 1.